The number of aromatic nitrogens is 3. The third-order valence-corrected chi connectivity index (χ3v) is 5.99. The summed E-state index contributed by atoms with van der Waals surface area (Å²) in [6, 6.07) is 15.6. The number of benzene rings is 2. The van der Waals surface area contributed by atoms with E-state index in [2.05, 4.69) is 20.7 Å². The fourth-order valence-electron chi connectivity index (χ4n) is 2.58. The summed E-state index contributed by atoms with van der Waals surface area (Å²) in [5.74, 6) is -0.212. The van der Waals surface area contributed by atoms with Gasteiger partial charge in [-0.2, -0.15) is 0 Å². The third kappa shape index (κ3) is 3.78. The quantitative estimate of drug-likeness (QED) is 0.499. The molecule has 2 heterocycles. The van der Waals surface area contributed by atoms with Crippen LogP contribution in [0.15, 0.2) is 80.7 Å². The minimum Gasteiger partial charge on any atom is -0.400 e. The summed E-state index contributed by atoms with van der Waals surface area (Å²) in [5, 5.41) is 13.4. The van der Waals surface area contributed by atoms with Crippen LogP contribution < -0.4 is 9.62 Å². The molecule has 0 radical (unpaired) electrons. The molecule has 0 saturated heterocycles. The van der Waals surface area contributed by atoms with Gasteiger partial charge in [0.1, 0.15) is 0 Å². The van der Waals surface area contributed by atoms with Crippen molar-refractivity contribution < 1.29 is 22.2 Å². The van der Waals surface area contributed by atoms with E-state index in [0.717, 1.165) is 0 Å². The van der Waals surface area contributed by atoms with Gasteiger partial charge in [0.2, 0.25) is 5.76 Å². The Balaban J connectivity index is 1.48. The lowest BCUT2D eigenvalue weighted by molar-refractivity contribution is 0.102. The van der Waals surface area contributed by atoms with Crippen LogP contribution in [0.2, 0.25) is 0 Å². The normalized spacial score (nSPS) is 11.2. The number of para-hydroxylation sites is 1. The van der Waals surface area contributed by atoms with Crippen LogP contribution in [0.3, 0.4) is 0 Å². The molecule has 0 aliphatic heterocycles. The van der Waals surface area contributed by atoms with Crippen molar-refractivity contribution in [3.63, 3.8) is 0 Å². The second-order valence-electron chi connectivity index (χ2n) is 6.08. The minimum absolute atomic E-state index is 0.0517. The van der Waals surface area contributed by atoms with Gasteiger partial charge in [0, 0.05) is 18.7 Å². The molecule has 0 aliphatic rings. The molecule has 1 amide bonds. The monoisotopic (exact) mass is 425 g/mol. The second-order valence-corrected chi connectivity index (χ2v) is 8.04. The summed E-state index contributed by atoms with van der Waals surface area (Å²) in [4.78, 5) is 12.4. The summed E-state index contributed by atoms with van der Waals surface area (Å²) in [5.41, 5.74) is 0.744. The van der Waals surface area contributed by atoms with Crippen LogP contribution in [-0.2, 0) is 10.0 Å². The Labute approximate surface area is 171 Å². The third-order valence-electron chi connectivity index (χ3n) is 4.19. The molecule has 4 aromatic rings. The fraction of sp³-hybridized carbons (Fsp3) is 0.0526. The molecule has 0 atom stereocenters. The molecule has 1 N–H and O–H groups in total. The maximum absolute atomic E-state index is 12.8. The van der Waals surface area contributed by atoms with Crippen molar-refractivity contribution in [1.82, 2.24) is 15.4 Å². The number of carbonyl (C=O) groups is 1. The highest BCUT2D eigenvalue weighted by molar-refractivity contribution is 7.92. The lowest BCUT2D eigenvalue weighted by Crippen LogP contribution is -2.26. The van der Waals surface area contributed by atoms with Crippen molar-refractivity contribution in [1.29, 1.82) is 0 Å². The topological polar surface area (TPSA) is 131 Å². The van der Waals surface area contributed by atoms with Crippen molar-refractivity contribution in [2.24, 2.45) is 0 Å². The Kier molecular flexibility index (Phi) is 5.02. The van der Waals surface area contributed by atoms with E-state index >= 15 is 0 Å². The summed E-state index contributed by atoms with van der Waals surface area (Å²) in [7, 11) is -2.31. The van der Waals surface area contributed by atoms with Gasteiger partial charge in [0.25, 0.3) is 21.8 Å². The van der Waals surface area contributed by atoms with Gasteiger partial charge in [-0.15, -0.1) is 5.10 Å². The Morgan fingerprint density at radius 2 is 1.73 bits per heavy atom. The fourth-order valence-corrected chi connectivity index (χ4v) is 3.78. The van der Waals surface area contributed by atoms with Gasteiger partial charge < -0.3 is 8.94 Å². The van der Waals surface area contributed by atoms with Gasteiger partial charge in [-0.3, -0.25) is 14.4 Å². The lowest BCUT2D eigenvalue weighted by atomic mass is 10.2. The average Bonchev–Trinajstić information content (AvgIpc) is 3.46. The van der Waals surface area contributed by atoms with E-state index < -0.39 is 15.9 Å². The predicted octanol–water partition coefficient (Wildman–Crippen LogP) is 2.80. The predicted molar refractivity (Wildman–Crippen MR) is 106 cm³/mol. The van der Waals surface area contributed by atoms with Crippen LogP contribution in [0, 0.1) is 0 Å². The van der Waals surface area contributed by atoms with Crippen molar-refractivity contribution >= 4 is 27.6 Å². The highest BCUT2D eigenvalue weighted by atomic mass is 32.2. The molecule has 152 valence electrons. The maximum Gasteiger partial charge on any atom is 0.322 e. The number of nitrogens with one attached hydrogen (secondary N) is 1. The summed E-state index contributed by atoms with van der Waals surface area (Å²) < 4.78 is 37.0. The Morgan fingerprint density at radius 1 is 1.00 bits per heavy atom. The van der Waals surface area contributed by atoms with E-state index in [0.29, 0.717) is 5.69 Å². The highest BCUT2D eigenvalue weighted by Crippen LogP contribution is 2.23. The van der Waals surface area contributed by atoms with E-state index in [1.54, 1.807) is 30.3 Å². The van der Waals surface area contributed by atoms with Crippen molar-refractivity contribution in [3.8, 4) is 11.7 Å². The number of carbonyl (C=O) groups excluding carboxylic acids is 1. The lowest BCUT2D eigenvalue weighted by Gasteiger charge is -2.19. The first kappa shape index (κ1) is 19.3. The number of sulfonamides is 1. The molecular formula is C19H15N5O5S. The average molecular weight is 425 g/mol. The molecule has 11 heteroatoms. The van der Waals surface area contributed by atoms with Crippen LogP contribution in [-0.4, -0.2) is 36.7 Å². The zero-order valence-electron chi connectivity index (χ0n) is 15.6. The molecular weight excluding hydrogens is 410 g/mol. The van der Waals surface area contributed by atoms with Crippen LogP contribution in [0.5, 0.6) is 0 Å². The molecule has 4 rings (SSSR count). The highest BCUT2D eigenvalue weighted by Gasteiger charge is 2.22. The number of hydrogen-bond donors (Lipinski definition) is 1. The Bertz CT molecular complexity index is 1250. The number of hydrogen-bond acceptors (Lipinski definition) is 8. The van der Waals surface area contributed by atoms with Gasteiger partial charge in [0.15, 0.2) is 0 Å². The standard InChI is InChI=1S/C19H15N5O5S/c1-24(14-5-3-2-4-6-14)30(26,27)15-9-7-13(8-10-15)17(25)21-19-23-22-18(28-19)16-11-12-20-29-16/h2-12H,1H3,(H,21,23,25). The summed E-state index contributed by atoms with van der Waals surface area (Å²) in [6.07, 6.45) is 1.42. The first-order chi connectivity index (χ1) is 14.4. The molecule has 30 heavy (non-hydrogen) atoms. The molecule has 0 unspecified atom stereocenters. The van der Waals surface area contributed by atoms with Gasteiger partial charge in [-0.1, -0.05) is 28.5 Å². The van der Waals surface area contributed by atoms with Gasteiger partial charge in [0.05, 0.1) is 16.8 Å². The van der Waals surface area contributed by atoms with Gasteiger partial charge in [-0.25, -0.2) is 8.42 Å². The Hall–Kier alpha value is -3.99. The molecule has 2 aromatic heterocycles. The smallest absolute Gasteiger partial charge is 0.322 e. The summed E-state index contributed by atoms with van der Waals surface area (Å²) >= 11 is 0. The van der Waals surface area contributed by atoms with E-state index in [4.69, 9.17) is 8.94 Å². The zero-order valence-corrected chi connectivity index (χ0v) is 16.4. The van der Waals surface area contributed by atoms with E-state index in [-0.39, 0.29) is 28.1 Å². The molecule has 0 aliphatic carbocycles. The number of nitrogens with zero attached hydrogens (tertiary/aromatic N) is 4. The van der Waals surface area contributed by atoms with E-state index in [1.807, 2.05) is 0 Å². The van der Waals surface area contributed by atoms with Gasteiger partial charge in [-0.05, 0) is 36.4 Å². The largest absolute Gasteiger partial charge is 0.400 e. The van der Waals surface area contributed by atoms with Crippen LogP contribution in [0.25, 0.3) is 11.7 Å². The first-order valence-corrected chi connectivity index (χ1v) is 10.1. The number of amides is 1. The van der Waals surface area contributed by atoms with Crippen LogP contribution >= 0.6 is 0 Å². The Morgan fingerprint density at radius 3 is 2.40 bits per heavy atom. The molecule has 0 bridgehead atoms. The molecule has 0 spiro atoms. The number of anilines is 2. The van der Waals surface area contributed by atoms with E-state index in [9.17, 15) is 13.2 Å². The van der Waals surface area contributed by atoms with Gasteiger partial charge >= 0.3 is 6.01 Å². The SMILES string of the molecule is CN(c1ccccc1)S(=O)(=O)c1ccc(C(=O)Nc2nnc(-c3ccno3)o2)cc1. The minimum atomic E-state index is -3.77. The number of rotatable bonds is 6. The van der Waals surface area contributed by atoms with Crippen molar-refractivity contribution in [2.75, 3.05) is 16.7 Å². The summed E-state index contributed by atoms with van der Waals surface area (Å²) in [6.45, 7) is 0. The van der Waals surface area contributed by atoms with Crippen LogP contribution in [0.4, 0.5) is 11.7 Å². The van der Waals surface area contributed by atoms with E-state index in [1.165, 1.54) is 47.9 Å². The molecule has 0 fully saturated rings. The van der Waals surface area contributed by atoms with Crippen LogP contribution in [0.1, 0.15) is 10.4 Å². The second kappa shape index (κ2) is 7.79. The maximum atomic E-state index is 12.8. The molecule has 0 saturated carbocycles. The first-order valence-electron chi connectivity index (χ1n) is 8.65. The molecule has 2 aromatic carbocycles. The van der Waals surface area contributed by atoms with Crippen molar-refractivity contribution in [3.05, 3.63) is 72.4 Å². The van der Waals surface area contributed by atoms with Crippen molar-refractivity contribution in [2.45, 2.75) is 4.90 Å². The molecule has 10 nitrogen and oxygen atoms in total. The zero-order chi connectivity index (χ0) is 21.1.